The smallest absolute Gasteiger partial charge is 0.408 e. The first-order valence-electron chi connectivity index (χ1n) is 8.97. The zero-order chi connectivity index (χ0) is 19.5. The Morgan fingerprint density at radius 3 is 2.15 bits per heavy atom. The molecule has 0 fully saturated rings. The molecule has 6 heteroatoms. The van der Waals surface area contributed by atoms with Gasteiger partial charge in [0, 0.05) is 0 Å². The molecule has 0 aromatic heterocycles. The van der Waals surface area contributed by atoms with Gasteiger partial charge in [-0.25, -0.2) is 4.79 Å². The molecular weight excluding hydrogens is 332 g/mol. The minimum atomic E-state index is -0.763. The van der Waals surface area contributed by atoms with Gasteiger partial charge in [-0.1, -0.05) is 58.0 Å². The third kappa shape index (κ3) is 8.65. The summed E-state index contributed by atoms with van der Waals surface area (Å²) in [4.78, 5) is 35.6. The molecule has 0 saturated carbocycles. The summed E-state index contributed by atoms with van der Waals surface area (Å²) in [6.45, 7) is 7.95. The van der Waals surface area contributed by atoms with Crippen molar-refractivity contribution in [2.75, 3.05) is 0 Å². The number of carbonyl (C=O) groups excluding carboxylic acids is 3. The molecule has 0 aliphatic rings. The van der Waals surface area contributed by atoms with Crippen molar-refractivity contribution in [2.24, 2.45) is 11.8 Å². The summed E-state index contributed by atoms with van der Waals surface area (Å²) in [5, 5.41) is 5.25. The highest BCUT2D eigenvalue weighted by molar-refractivity contribution is 5.87. The van der Waals surface area contributed by atoms with E-state index in [2.05, 4.69) is 10.6 Å². The molecule has 2 amide bonds. The maximum atomic E-state index is 12.5. The van der Waals surface area contributed by atoms with Gasteiger partial charge < -0.3 is 15.4 Å². The first-order valence-corrected chi connectivity index (χ1v) is 8.97. The Hall–Kier alpha value is -2.37. The molecule has 0 saturated heterocycles. The molecule has 0 bridgehead atoms. The van der Waals surface area contributed by atoms with Crippen molar-refractivity contribution in [3.8, 4) is 0 Å². The van der Waals surface area contributed by atoms with Gasteiger partial charge in [0.05, 0.1) is 6.04 Å². The monoisotopic (exact) mass is 361 g/mol. The molecule has 2 unspecified atom stereocenters. The zero-order valence-electron chi connectivity index (χ0n) is 16.0. The van der Waals surface area contributed by atoms with Crippen molar-refractivity contribution in [3.63, 3.8) is 0 Å². The minimum absolute atomic E-state index is 0.126. The molecule has 0 aliphatic carbocycles. The van der Waals surface area contributed by atoms with E-state index in [1.54, 1.807) is 0 Å². The quantitative estimate of drug-likeness (QED) is 0.671. The average molecular weight is 361 g/mol. The molecule has 6 nitrogen and oxygen atoms in total. The second kappa shape index (κ2) is 11.3. The Bertz CT molecular complexity index is 572. The fourth-order valence-electron chi connectivity index (χ4n) is 2.49. The predicted octanol–water partition coefficient (Wildman–Crippen LogP) is 2.97. The second-order valence-electron chi connectivity index (χ2n) is 7.20. The molecule has 1 aromatic carbocycles. The van der Waals surface area contributed by atoms with Gasteiger partial charge in [0.1, 0.15) is 12.6 Å². The summed E-state index contributed by atoms with van der Waals surface area (Å²) in [7, 11) is 0. The summed E-state index contributed by atoms with van der Waals surface area (Å²) in [5.41, 5.74) is 0.861. The van der Waals surface area contributed by atoms with Crippen LogP contribution in [0.3, 0.4) is 0 Å². The number of benzene rings is 1. The summed E-state index contributed by atoms with van der Waals surface area (Å²) in [6, 6.07) is 7.85. The van der Waals surface area contributed by atoms with Crippen molar-refractivity contribution in [1.82, 2.24) is 10.6 Å². The molecule has 0 spiro atoms. The number of alkyl carbamates (subject to hydrolysis) is 1. The molecular formula is C20H29N2O4. The summed E-state index contributed by atoms with van der Waals surface area (Å²) < 4.78 is 5.18. The van der Waals surface area contributed by atoms with Crippen LogP contribution in [-0.4, -0.2) is 30.4 Å². The van der Waals surface area contributed by atoms with Crippen molar-refractivity contribution in [1.29, 1.82) is 0 Å². The molecule has 0 heterocycles. The Balaban J connectivity index is 2.62. The molecule has 1 rings (SSSR count). The third-order valence-corrected chi connectivity index (χ3v) is 3.69. The molecule has 1 aromatic rings. The Kier molecular flexibility index (Phi) is 9.41. The molecule has 0 aliphatic heterocycles. The van der Waals surface area contributed by atoms with E-state index in [9.17, 15) is 14.4 Å². The van der Waals surface area contributed by atoms with E-state index in [4.69, 9.17) is 4.74 Å². The lowest BCUT2D eigenvalue weighted by atomic mass is 10.0. The first kappa shape index (κ1) is 21.7. The average Bonchev–Trinajstić information content (AvgIpc) is 2.58. The first-order chi connectivity index (χ1) is 12.3. The van der Waals surface area contributed by atoms with E-state index in [1.165, 1.54) is 0 Å². The maximum absolute atomic E-state index is 12.5. The highest BCUT2D eigenvalue weighted by atomic mass is 16.5. The lowest BCUT2D eigenvalue weighted by Crippen LogP contribution is -2.50. The maximum Gasteiger partial charge on any atom is 0.408 e. The fraction of sp³-hybridized carbons (Fsp3) is 0.550. The van der Waals surface area contributed by atoms with Gasteiger partial charge in [-0.2, -0.15) is 0 Å². The third-order valence-electron chi connectivity index (χ3n) is 3.69. The standard InChI is InChI=1S/C20H29N2O4/c1-14(2)10-17(12-23)21-19(24)18(11-15(3)4)22-20(25)26-13-16-8-6-5-7-9-16/h5-9,14-15,17-18H,10-11,13H2,1-4H3,(H,21,24)(H,22,25). The summed E-state index contributed by atoms with van der Waals surface area (Å²) >= 11 is 0. The van der Waals surface area contributed by atoms with Crippen LogP contribution in [0.4, 0.5) is 4.79 Å². The highest BCUT2D eigenvalue weighted by Gasteiger charge is 2.25. The second-order valence-corrected chi connectivity index (χ2v) is 7.20. The number of hydrogen-bond donors (Lipinski definition) is 2. The van der Waals surface area contributed by atoms with Crippen molar-refractivity contribution in [3.05, 3.63) is 35.9 Å². The van der Waals surface area contributed by atoms with Crippen LogP contribution in [0.5, 0.6) is 0 Å². The highest BCUT2D eigenvalue weighted by Crippen LogP contribution is 2.08. The summed E-state index contributed by atoms with van der Waals surface area (Å²) in [6.07, 6.45) is 2.13. The van der Waals surface area contributed by atoms with Gasteiger partial charge in [0.15, 0.2) is 0 Å². The number of nitrogens with one attached hydrogen (secondary N) is 2. The van der Waals surface area contributed by atoms with E-state index < -0.39 is 24.1 Å². The zero-order valence-corrected chi connectivity index (χ0v) is 16.0. The van der Waals surface area contributed by atoms with Crippen LogP contribution in [-0.2, 0) is 20.9 Å². The van der Waals surface area contributed by atoms with E-state index >= 15 is 0 Å². The van der Waals surface area contributed by atoms with Crippen LogP contribution in [0.25, 0.3) is 0 Å². The van der Waals surface area contributed by atoms with E-state index in [1.807, 2.05) is 64.3 Å². The lowest BCUT2D eigenvalue weighted by Gasteiger charge is -2.22. The number of hydrogen-bond acceptors (Lipinski definition) is 4. The van der Waals surface area contributed by atoms with Crippen LogP contribution >= 0.6 is 0 Å². The van der Waals surface area contributed by atoms with Crippen molar-refractivity contribution >= 4 is 18.3 Å². The molecule has 2 N–H and O–H groups in total. The lowest BCUT2D eigenvalue weighted by molar-refractivity contribution is -0.123. The van der Waals surface area contributed by atoms with Crippen LogP contribution in [0.2, 0.25) is 0 Å². The normalized spacial score (nSPS) is 13.2. The van der Waals surface area contributed by atoms with Gasteiger partial charge in [-0.3, -0.25) is 9.59 Å². The van der Waals surface area contributed by atoms with E-state index in [-0.39, 0.29) is 18.4 Å². The molecule has 143 valence electrons. The van der Waals surface area contributed by atoms with Crippen molar-refractivity contribution in [2.45, 2.75) is 59.2 Å². The topological polar surface area (TPSA) is 84.5 Å². The van der Waals surface area contributed by atoms with Gasteiger partial charge in [0.25, 0.3) is 0 Å². The fourth-order valence-corrected chi connectivity index (χ4v) is 2.49. The van der Waals surface area contributed by atoms with Crippen LogP contribution < -0.4 is 10.6 Å². The molecule has 26 heavy (non-hydrogen) atoms. The van der Waals surface area contributed by atoms with Gasteiger partial charge in [-0.15, -0.1) is 0 Å². The minimum Gasteiger partial charge on any atom is -0.445 e. The van der Waals surface area contributed by atoms with E-state index in [0.717, 1.165) is 5.56 Å². The van der Waals surface area contributed by atoms with Crippen molar-refractivity contribution < 1.29 is 19.1 Å². The number of amides is 2. The van der Waals surface area contributed by atoms with Gasteiger partial charge >= 0.3 is 6.09 Å². The Labute approximate surface area is 155 Å². The van der Waals surface area contributed by atoms with E-state index in [0.29, 0.717) is 12.8 Å². The SMILES string of the molecule is CC(C)CC([C]=O)NC(=O)C(CC(C)C)NC(=O)OCc1ccccc1. The number of carbonyl (C=O) groups is 2. The largest absolute Gasteiger partial charge is 0.445 e. The predicted molar refractivity (Wildman–Crippen MR) is 100 cm³/mol. The Morgan fingerprint density at radius 2 is 1.62 bits per heavy atom. The van der Waals surface area contributed by atoms with Crippen LogP contribution in [0.1, 0.15) is 46.1 Å². The Morgan fingerprint density at radius 1 is 1.00 bits per heavy atom. The van der Waals surface area contributed by atoms with Crippen LogP contribution in [0, 0.1) is 11.8 Å². The van der Waals surface area contributed by atoms with Gasteiger partial charge in [0.2, 0.25) is 12.2 Å². The van der Waals surface area contributed by atoms with Gasteiger partial charge in [-0.05, 0) is 30.2 Å². The molecule has 2 atom stereocenters. The summed E-state index contributed by atoms with van der Waals surface area (Å²) in [5.74, 6) is 0.0300. The molecule has 1 radical (unpaired) electrons. The number of rotatable bonds is 10. The number of ether oxygens (including phenoxy) is 1. The van der Waals surface area contributed by atoms with Crippen LogP contribution in [0.15, 0.2) is 30.3 Å².